The van der Waals surface area contributed by atoms with Crippen LogP contribution in [0.4, 0.5) is 5.82 Å². The van der Waals surface area contributed by atoms with E-state index < -0.39 is 0 Å². The van der Waals surface area contributed by atoms with E-state index in [1.165, 1.54) is 18.5 Å². The molecule has 1 aliphatic rings. The zero-order valence-corrected chi connectivity index (χ0v) is 9.40. The first-order valence-electron chi connectivity index (χ1n) is 5.54. The van der Waals surface area contributed by atoms with Gasteiger partial charge in [-0.25, -0.2) is 0 Å². The second-order valence-electron chi connectivity index (χ2n) is 4.19. The van der Waals surface area contributed by atoms with Crippen molar-refractivity contribution in [1.82, 2.24) is 15.1 Å². The van der Waals surface area contributed by atoms with Crippen LogP contribution in [0.2, 0.25) is 0 Å². The molecule has 0 aromatic carbocycles. The van der Waals surface area contributed by atoms with E-state index in [9.17, 15) is 0 Å². The number of nitrogens with zero attached hydrogens (tertiary/aromatic N) is 3. The highest BCUT2D eigenvalue weighted by Crippen LogP contribution is 2.13. The van der Waals surface area contributed by atoms with Crippen LogP contribution in [-0.2, 0) is 6.42 Å². The van der Waals surface area contributed by atoms with Gasteiger partial charge in [0.25, 0.3) is 0 Å². The summed E-state index contributed by atoms with van der Waals surface area (Å²) in [7, 11) is 2.15. The van der Waals surface area contributed by atoms with Crippen molar-refractivity contribution in [1.29, 1.82) is 0 Å². The molecular weight excluding hydrogens is 188 g/mol. The fraction of sp³-hybridized carbons (Fsp3) is 0.636. The molecule has 1 N–H and O–H groups in total. The number of aryl methyl sites for hydroxylation is 1. The molecule has 82 valence electrons. The summed E-state index contributed by atoms with van der Waals surface area (Å²) in [4.78, 5) is 2.33. The van der Waals surface area contributed by atoms with E-state index in [1.54, 1.807) is 0 Å². The highest BCUT2D eigenvalue weighted by Gasteiger charge is 2.19. The molecule has 0 spiro atoms. The van der Waals surface area contributed by atoms with Crippen molar-refractivity contribution in [3.8, 4) is 0 Å². The molecule has 4 heteroatoms. The lowest BCUT2D eigenvalue weighted by Crippen LogP contribution is -2.24. The first-order chi connectivity index (χ1) is 7.28. The van der Waals surface area contributed by atoms with Gasteiger partial charge in [0.1, 0.15) is 5.82 Å². The third-order valence-corrected chi connectivity index (χ3v) is 2.86. The molecule has 4 nitrogen and oxygen atoms in total. The van der Waals surface area contributed by atoms with E-state index in [1.807, 2.05) is 6.20 Å². The van der Waals surface area contributed by atoms with Crippen molar-refractivity contribution in [3.63, 3.8) is 0 Å². The molecule has 1 unspecified atom stereocenters. The Hall–Kier alpha value is -1.16. The van der Waals surface area contributed by atoms with Gasteiger partial charge in [-0.3, -0.25) is 0 Å². The number of aromatic nitrogens is 2. The highest BCUT2D eigenvalue weighted by molar-refractivity contribution is 5.37. The van der Waals surface area contributed by atoms with Crippen LogP contribution in [0.25, 0.3) is 0 Å². The lowest BCUT2D eigenvalue weighted by Gasteiger charge is -2.13. The van der Waals surface area contributed by atoms with Crippen LogP contribution in [0.15, 0.2) is 12.3 Å². The van der Waals surface area contributed by atoms with Crippen molar-refractivity contribution < 1.29 is 0 Å². The molecule has 1 saturated heterocycles. The van der Waals surface area contributed by atoms with Gasteiger partial charge in [0, 0.05) is 12.6 Å². The minimum Gasteiger partial charge on any atom is -0.365 e. The SMILES string of the molecule is CCc1cnnc(NC2CCN(C)C2)c1. The third kappa shape index (κ3) is 2.65. The Morgan fingerprint density at radius 1 is 1.60 bits per heavy atom. The summed E-state index contributed by atoms with van der Waals surface area (Å²) in [6.07, 6.45) is 4.02. The van der Waals surface area contributed by atoms with Crippen molar-refractivity contribution in [2.75, 3.05) is 25.5 Å². The fourth-order valence-corrected chi connectivity index (χ4v) is 1.93. The van der Waals surface area contributed by atoms with Gasteiger partial charge in [0.15, 0.2) is 0 Å². The molecule has 1 atom stereocenters. The van der Waals surface area contributed by atoms with Gasteiger partial charge in [-0.15, -0.1) is 5.10 Å². The number of hydrogen-bond acceptors (Lipinski definition) is 4. The van der Waals surface area contributed by atoms with Crippen LogP contribution in [-0.4, -0.2) is 41.3 Å². The predicted molar refractivity (Wildman–Crippen MR) is 60.9 cm³/mol. The van der Waals surface area contributed by atoms with Gasteiger partial charge in [-0.1, -0.05) is 6.92 Å². The van der Waals surface area contributed by atoms with Crippen LogP contribution in [0.3, 0.4) is 0 Å². The van der Waals surface area contributed by atoms with Crippen LogP contribution < -0.4 is 5.32 Å². The first-order valence-corrected chi connectivity index (χ1v) is 5.54. The van der Waals surface area contributed by atoms with Crippen molar-refractivity contribution >= 4 is 5.82 Å². The Bertz CT molecular complexity index is 326. The molecular formula is C11H18N4. The van der Waals surface area contributed by atoms with E-state index in [0.29, 0.717) is 6.04 Å². The molecule has 0 bridgehead atoms. The molecule has 1 fully saturated rings. The van der Waals surface area contributed by atoms with Crippen LogP contribution in [0.1, 0.15) is 18.9 Å². The first kappa shape index (κ1) is 10.4. The quantitative estimate of drug-likeness (QED) is 0.805. The molecule has 1 aliphatic heterocycles. The zero-order valence-electron chi connectivity index (χ0n) is 9.40. The Morgan fingerprint density at radius 3 is 3.13 bits per heavy atom. The summed E-state index contributed by atoms with van der Waals surface area (Å²) in [6.45, 7) is 4.39. The molecule has 2 rings (SSSR count). The van der Waals surface area contributed by atoms with Crippen LogP contribution in [0, 0.1) is 0 Å². The molecule has 15 heavy (non-hydrogen) atoms. The van der Waals surface area contributed by atoms with E-state index in [2.05, 4.69) is 40.5 Å². The van der Waals surface area contributed by atoms with Gasteiger partial charge < -0.3 is 10.2 Å². The van der Waals surface area contributed by atoms with E-state index in [-0.39, 0.29) is 0 Å². The average molecular weight is 206 g/mol. The van der Waals surface area contributed by atoms with Gasteiger partial charge in [0.2, 0.25) is 0 Å². The molecule has 1 aromatic rings. The summed E-state index contributed by atoms with van der Waals surface area (Å²) in [5.74, 6) is 0.912. The number of likely N-dealkylation sites (tertiary alicyclic amines) is 1. The smallest absolute Gasteiger partial charge is 0.149 e. The van der Waals surface area contributed by atoms with Gasteiger partial charge >= 0.3 is 0 Å². The van der Waals surface area contributed by atoms with Gasteiger partial charge in [-0.2, -0.15) is 5.10 Å². The van der Waals surface area contributed by atoms with E-state index >= 15 is 0 Å². The minimum absolute atomic E-state index is 0.524. The summed E-state index contributed by atoms with van der Waals surface area (Å²) >= 11 is 0. The Morgan fingerprint density at radius 2 is 2.47 bits per heavy atom. The van der Waals surface area contributed by atoms with Crippen LogP contribution >= 0.6 is 0 Å². The normalized spacial score (nSPS) is 21.9. The second kappa shape index (κ2) is 4.57. The lowest BCUT2D eigenvalue weighted by atomic mass is 10.2. The average Bonchev–Trinajstić information content (AvgIpc) is 2.64. The summed E-state index contributed by atoms with van der Waals surface area (Å²) in [5.41, 5.74) is 1.24. The zero-order chi connectivity index (χ0) is 10.7. The Kier molecular flexibility index (Phi) is 3.16. The molecule has 0 aliphatic carbocycles. The second-order valence-corrected chi connectivity index (χ2v) is 4.19. The maximum Gasteiger partial charge on any atom is 0.149 e. The molecule has 1 aromatic heterocycles. The maximum atomic E-state index is 4.10. The molecule has 2 heterocycles. The largest absolute Gasteiger partial charge is 0.365 e. The summed E-state index contributed by atoms with van der Waals surface area (Å²) in [5, 5.41) is 11.5. The van der Waals surface area contributed by atoms with E-state index in [0.717, 1.165) is 18.8 Å². The number of likely N-dealkylation sites (N-methyl/N-ethyl adjacent to an activating group) is 1. The number of hydrogen-bond donors (Lipinski definition) is 1. The van der Waals surface area contributed by atoms with Crippen LogP contribution in [0.5, 0.6) is 0 Å². The van der Waals surface area contributed by atoms with Crippen molar-refractivity contribution in [2.45, 2.75) is 25.8 Å². The lowest BCUT2D eigenvalue weighted by molar-refractivity contribution is 0.414. The minimum atomic E-state index is 0.524. The maximum absolute atomic E-state index is 4.10. The molecule has 0 radical (unpaired) electrons. The molecule has 0 saturated carbocycles. The fourth-order valence-electron chi connectivity index (χ4n) is 1.93. The predicted octanol–water partition coefficient (Wildman–Crippen LogP) is 1.15. The topological polar surface area (TPSA) is 41.1 Å². The number of rotatable bonds is 3. The molecule has 0 amide bonds. The van der Waals surface area contributed by atoms with Gasteiger partial charge in [-0.05, 0) is 38.1 Å². The number of anilines is 1. The highest BCUT2D eigenvalue weighted by atomic mass is 15.2. The Labute approximate surface area is 90.7 Å². The van der Waals surface area contributed by atoms with Crippen molar-refractivity contribution in [2.24, 2.45) is 0 Å². The van der Waals surface area contributed by atoms with E-state index in [4.69, 9.17) is 0 Å². The van der Waals surface area contributed by atoms with Crippen molar-refractivity contribution in [3.05, 3.63) is 17.8 Å². The van der Waals surface area contributed by atoms with Gasteiger partial charge in [0.05, 0.1) is 6.20 Å². The standard InChI is InChI=1S/C11H18N4/c1-3-9-6-11(14-12-7-9)13-10-4-5-15(2)8-10/h6-7,10H,3-5,8H2,1-2H3,(H,13,14). The third-order valence-electron chi connectivity index (χ3n) is 2.86. The Balaban J connectivity index is 1.98. The monoisotopic (exact) mass is 206 g/mol. The summed E-state index contributed by atoms with van der Waals surface area (Å²) < 4.78 is 0. The summed E-state index contributed by atoms with van der Waals surface area (Å²) in [6, 6.07) is 2.61. The number of nitrogens with one attached hydrogen (secondary N) is 1.